The molecule has 10 aromatic carbocycles. The van der Waals surface area contributed by atoms with Gasteiger partial charge in [0.1, 0.15) is 22.3 Å². The average molecular weight is 909 g/mol. The maximum Gasteiger partial charge on any atom is 0.135 e. The van der Waals surface area contributed by atoms with Crippen molar-refractivity contribution in [2.75, 3.05) is 0 Å². The third kappa shape index (κ3) is 6.24. The number of allylic oxidation sites excluding steroid dienone is 1. The summed E-state index contributed by atoms with van der Waals surface area (Å²) in [4.78, 5) is 0. The van der Waals surface area contributed by atoms with Crippen LogP contribution in [-0.4, -0.2) is 9.13 Å². The highest BCUT2D eigenvalue weighted by atomic mass is 16.3. The number of hydrogen-bond donors (Lipinski definition) is 0. The fourth-order valence-corrected chi connectivity index (χ4v) is 11.9. The summed E-state index contributed by atoms with van der Waals surface area (Å²) in [6.45, 7) is 2.40. The average Bonchev–Trinajstić information content (AvgIpc) is 4.18. The number of rotatable bonds is 6. The van der Waals surface area contributed by atoms with Crippen molar-refractivity contribution < 1.29 is 8.83 Å². The summed E-state index contributed by atoms with van der Waals surface area (Å²) in [6.07, 6.45) is 3.40. The first kappa shape index (κ1) is 39.8. The molecule has 4 nitrogen and oxygen atoms in total. The second kappa shape index (κ2) is 15.4. The number of benzene rings is 10. The fourth-order valence-electron chi connectivity index (χ4n) is 11.9. The standard InChI is InChI=1S/C67H44N2O2/c1-41-33-49(45-16-11-15-44(35-45)48-29-32-66-58(38-48)55-22-5-9-26-64(55)71-66)39-59-53-20-3-7-24-61(53)69(67(41)59)51-18-12-17-50(40-51)68-60-23-6-2-19-52(60)56-36-46(27-30-62(56)68)42-13-10-14-43(34-42)47-28-31-65-57(37-47)54-21-4-8-25-63(54)70-65/h2-32,34-41H,33H2,1H3. The molecule has 1 unspecified atom stereocenters. The molecule has 0 saturated carbocycles. The fraction of sp³-hybridized carbons (Fsp3) is 0.0448. The molecule has 71 heavy (non-hydrogen) atoms. The van der Waals surface area contributed by atoms with E-state index in [4.69, 9.17) is 8.83 Å². The Morgan fingerprint density at radius 2 is 0.789 bits per heavy atom. The molecule has 0 saturated heterocycles. The first-order chi connectivity index (χ1) is 35.1. The molecule has 1 aliphatic carbocycles. The van der Waals surface area contributed by atoms with Gasteiger partial charge in [-0.15, -0.1) is 0 Å². The molecule has 0 radical (unpaired) electrons. The number of para-hydroxylation sites is 4. The number of hydrogen-bond acceptors (Lipinski definition) is 2. The van der Waals surface area contributed by atoms with Crippen molar-refractivity contribution >= 4 is 88.2 Å². The zero-order valence-corrected chi connectivity index (χ0v) is 38.9. The van der Waals surface area contributed by atoms with Crippen LogP contribution in [0.2, 0.25) is 0 Å². The third-order valence-electron chi connectivity index (χ3n) is 15.1. The van der Waals surface area contributed by atoms with Gasteiger partial charge in [0.2, 0.25) is 0 Å². The Labute approximate surface area is 409 Å². The van der Waals surface area contributed by atoms with Crippen LogP contribution in [0.25, 0.3) is 133 Å². The predicted octanol–water partition coefficient (Wildman–Crippen LogP) is 18.6. The Morgan fingerprint density at radius 1 is 0.338 bits per heavy atom. The minimum atomic E-state index is 0.275. The van der Waals surface area contributed by atoms with Crippen LogP contribution in [0.3, 0.4) is 0 Å². The number of fused-ring (bicyclic) bond motifs is 12. The number of nitrogens with zero attached hydrogens (tertiary/aromatic N) is 2. The molecular formula is C67H44N2O2. The first-order valence-electron chi connectivity index (χ1n) is 24.6. The van der Waals surface area contributed by atoms with Gasteiger partial charge in [0.25, 0.3) is 0 Å². The smallest absolute Gasteiger partial charge is 0.135 e. The Balaban J connectivity index is 0.806. The molecule has 4 aromatic heterocycles. The van der Waals surface area contributed by atoms with Crippen LogP contribution < -0.4 is 0 Å². The monoisotopic (exact) mass is 908 g/mol. The van der Waals surface area contributed by atoms with Gasteiger partial charge in [-0.3, -0.25) is 0 Å². The zero-order chi connectivity index (χ0) is 46.7. The number of aromatic nitrogens is 2. The van der Waals surface area contributed by atoms with Crippen molar-refractivity contribution in [1.29, 1.82) is 0 Å². The van der Waals surface area contributed by atoms with E-state index < -0.39 is 0 Å². The molecule has 0 bridgehead atoms. The van der Waals surface area contributed by atoms with Crippen LogP contribution in [0.1, 0.15) is 36.1 Å². The predicted molar refractivity (Wildman–Crippen MR) is 296 cm³/mol. The van der Waals surface area contributed by atoms with Gasteiger partial charge in [-0.05, 0) is 148 Å². The Hall–Kier alpha value is -9.12. The maximum absolute atomic E-state index is 6.17. The summed E-state index contributed by atoms with van der Waals surface area (Å²) in [7, 11) is 0. The molecule has 0 N–H and O–H groups in total. The normalized spacial score (nSPS) is 13.9. The highest BCUT2D eigenvalue weighted by Crippen LogP contribution is 2.46. The van der Waals surface area contributed by atoms with Crippen LogP contribution in [0, 0.1) is 0 Å². The molecular weight excluding hydrogens is 865 g/mol. The zero-order valence-electron chi connectivity index (χ0n) is 38.9. The van der Waals surface area contributed by atoms with E-state index in [9.17, 15) is 0 Å². The summed E-state index contributed by atoms with van der Waals surface area (Å²) < 4.78 is 17.3. The van der Waals surface area contributed by atoms with Crippen molar-refractivity contribution in [2.24, 2.45) is 0 Å². The molecule has 1 atom stereocenters. The van der Waals surface area contributed by atoms with E-state index in [0.29, 0.717) is 0 Å². The Kier molecular flexibility index (Phi) is 8.67. The van der Waals surface area contributed by atoms with Crippen molar-refractivity contribution in [3.05, 3.63) is 241 Å². The van der Waals surface area contributed by atoms with Gasteiger partial charge >= 0.3 is 0 Å². The van der Waals surface area contributed by atoms with Crippen LogP contribution in [0.15, 0.2) is 233 Å². The molecule has 14 aromatic rings. The lowest BCUT2D eigenvalue weighted by molar-refractivity contribution is 0.668. The van der Waals surface area contributed by atoms with E-state index >= 15 is 0 Å². The highest BCUT2D eigenvalue weighted by Gasteiger charge is 2.27. The van der Waals surface area contributed by atoms with Crippen molar-refractivity contribution in [3.63, 3.8) is 0 Å². The minimum Gasteiger partial charge on any atom is -0.456 e. The molecule has 1 aliphatic rings. The van der Waals surface area contributed by atoms with Crippen LogP contribution in [0.4, 0.5) is 0 Å². The van der Waals surface area contributed by atoms with Gasteiger partial charge < -0.3 is 18.0 Å². The Morgan fingerprint density at radius 3 is 1.44 bits per heavy atom. The van der Waals surface area contributed by atoms with Crippen LogP contribution in [-0.2, 0) is 0 Å². The molecule has 0 fully saturated rings. The highest BCUT2D eigenvalue weighted by molar-refractivity contribution is 6.11. The molecule has 4 heterocycles. The molecule has 0 aliphatic heterocycles. The van der Waals surface area contributed by atoms with Crippen LogP contribution >= 0.6 is 0 Å². The molecule has 334 valence electrons. The van der Waals surface area contributed by atoms with Crippen molar-refractivity contribution in [3.8, 4) is 44.8 Å². The van der Waals surface area contributed by atoms with E-state index in [-0.39, 0.29) is 5.92 Å². The second-order valence-corrected chi connectivity index (χ2v) is 19.3. The lowest BCUT2D eigenvalue weighted by Crippen LogP contribution is -2.09. The molecule has 15 rings (SSSR count). The number of furan rings is 2. The quantitative estimate of drug-likeness (QED) is 0.167. The third-order valence-corrected chi connectivity index (χ3v) is 15.1. The molecule has 0 amide bonds. The van der Waals surface area contributed by atoms with E-state index in [0.717, 1.165) is 61.7 Å². The van der Waals surface area contributed by atoms with Crippen molar-refractivity contribution in [2.45, 2.75) is 19.3 Å². The molecule has 0 spiro atoms. The summed E-state index contributed by atoms with van der Waals surface area (Å²) in [6, 6.07) is 81.5. The largest absolute Gasteiger partial charge is 0.456 e. The second-order valence-electron chi connectivity index (χ2n) is 19.3. The first-order valence-corrected chi connectivity index (χ1v) is 24.6. The van der Waals surface area contributed by atoms with Gasteiger partial charge in [0.15, 0.2) is 0 Å². The van der Waals surface area contributed by atoms with Gasteiger partial charge in [-0.25, -0.2) is 0 Å². The van der Waals surface area contributed by atoms with Crippen LogP contribution in [0.5, 0.6) is 0 Å². The summed E-state index contributed by atoms with van der Waals surface area (Å²) in [5.41, 5.74) is 22.0. The van der Waals surface area contributed by atoms with E-state index in [2.05, 4.69) is 222 Å². The van der Waals surface area contributed by atoms with Crippen molar-refractivity contribution in [1.82, 2.24) is 9.13 Å². The SMILES string of the molecule is CC1CC(c2cccc(-c3ccc4oc5ccccc5c4c3)c2)=Cc2c1n(-c1cccc(-n3c4ccccc4c4cc(-c5cccc(-c6ccc7oc8ccccc8c7c6)c5)ccc43)c1)c1ccccc21. The topological polar surface area (TPSA) is 36.1 Å². The lowest BCUT2D eigenvalue weighted by atomic mass is 9.84. The van der Waals surface area contributed by atoms with E-state index in [1.807, 2.05) is 24.3 Å². The van der Waals surface area contributed by atoms with E-state index in [1.165, 1.54) is 88.5 Å². The summed E-state index contributed by atoms with van der Waals surface area (Å²) >= 11 is 0. The maximum atomic E-state index is 6.17. The van der Waals surface area contributed by atoms with Gasteiger partial charge in [-0.1, -0.05) is 140 Å². The minimum absolute atomic E-state index is 0.275. The summed E-state index contributed by atoms with van der Waals surface area (Å²) in [5.74, 6) is 0.275. The molecule has 4 heteroatoms. The van der Waals surface area contributed by atoms with Gasteiger partial charge in [0, 0.05) is 66.3 Å². The van der Waals surface area contributed by atoms with E-state index in [1.54, 1.807) is 0 Å². The summed E-state index contributed by atoms with van der Waals surface area (Å²) in [5, 5.41) is 8.32. The lowest BCUT2D eigenvalue weighted by Gasteiger charge is -2.24. The van der Waals surface area contributed by atoms with Gasteiger partial charge in [-0.2, -0.15) is 0 Å². The van der Waals surface area contributed by atoms with Gasteiger partial charge in [0.05, 0.1) is 16.6 Å². The Bertz CT molecular complexity index is 4530.